The predicted octanol–water partition coefficient (Wildman–Crippen LogP) is 2.82. The van der Waals surface area contributed by atoms with E-state index in [0.717, 1.165) is 45.3 Å². The minimum absolute atomic E-state index is 0.0260. The highest BCUT2D eigenvalue weighted by Gasteiger charge is 2.42. The fourth-order valence-electron chi connectivity index (χ4n) is 4.29. The minimum Gasteiger partial charge on any atom is -0.370 e. The van der Waals surface area contributed by atoms with Gasteiger partial charge in [-0.3, -0.25) is 9.69 Å². The van der Waals surface area contributed by atoms with Crippen molar-refractivity contribution in [2.24, 2.45) is 0 Å². The van der Waals surface area contributed by atoms with Crippen molar-refractivity contribution in [2.45, 2.75) is 50.9 Å². The lowest BCUT2D eigenvalue weighted by Crippen LogP contribution is -2.44. The number of H-pyrrole nitrogens is 1. The Hall–Kier alpha value is -1.85. The summed E-state index contributed by atoms with van der Waals surface area (Å²) in [6.07, 6.45) is 6.69. The zero-order valence-corrected chi connectivity index (χ0v) is 14.9. The van der Waals surface area contributed by atoms with Crippen LogP contribution in [0.5, 0.6) is 0 Å². The van der Waals surface area contributed by atoms with Gasteiger partial charge in [0.2, 0.25) is 5.91 Å². The fourth-order valence-corrected chi connectivity index (χ4v) is 4.29. The van der Waals surface area contributed by atoms with Gasteiger partial charge in [0.15, 0.2) is 0 Å². The van der Waals surface area contributed by atoms with Crippen molar-refractivity contribution in [2.75, 3.05) is 19.6 Å². The van der Waals surface area contributed by atoms with Crippen LogP contribution in [0.4, 0.5) is 0 Å². The van der Waals surface area contributed by atoms with Crippen LogP contribution in [0, 0.1) is 0 Å². The van der Waals surface area contributed by atoms with E-state index in [1.807, 2.05) is 0 Å². The Labute approximate surface area is 148 Å². The van der Waals surface area contributed by atoms with Crippen LogP contribution in [0.3, 0.4) is 0 Å². The zero-order chi connectivity index (χ0) is 17.3. The number of piperidine rings is 1. The van der Waals surface area contributed by atoms with Crippen LogP contribution < -0.4 is 5.32 Å². The normalized spacial score (nSPS) is 23.3. The van der Waals surface area contributed by atoms with Crippen LogP contribution in [0.15, 0.2) is 30.5 Å². The van der Waals surface area contributed by atoms with Crippen LogP contribution in [0.1, 0.15) is 38.2 Å². The Balaban J connectivity index is 1.32. The maximum atomic E-state index is 11.1. The lowest BCUT2D eigenvalue weighted by atomic mass is 9.88. The minimum atomic E-state index is 0.0260. The highest BCUT2D eigenvalue weighted by atomic mass is 16.5. The van der Waals surface area contributed by atoms with Crippen LogP contribution in [0.25, 0.3) is 10.9 Å². The standard InChI is InChI=1S/C20H27N3O2/c1-15(24)21-13-17-6-7-20(25-17)8-10-23(11-9-20)14-16-12-22-19-5-3-2-4-18(16)19/h2-5,12,17,22H,6-11,13-14H2,1H3,(H,21,24). The van der Waals surface area contributed by atoms with Gasteiger partial charge in [-0.05, 0) is 37.3 Å². The van der Waals surface area contributed by atoms with E-state index in [2.05, 4.69) is 45.7 Å². The number of para-hydroxylation sites is 1. The van der Waals surface area contributed by atoms with Gasteiger partial charge < -0.3 is 15.0 Å². The molecule has 2 aromatic rings. The van der Waals surface area contributed by atoms with E-state index in [1.54, 1.807) is 6.92 Å². The van der Waals surface area contributed by atoms with Gasteiger partial charge in [-0.1, -0.05) is 18.2 Å². The second-order valence-electron chi connectivity index (χ2n) is 7.53. The second-order valence-corrected chi connectivity index (χ2v) is 7.53. The number of carbonyl (C=O) groups is 1. The van der Waals surface area contributed by atoms with Crippen molar-refractivity contribution < 1.29 is 9.53 Å². The molecule has 134 valence electrons. The molecule has 2 N–H and O–H groups in total. The molecule has 1 atom stereocenters. The molecule has 5 nitrogen and oxygen atoms in total. The van der Waals surface area contributed by atoms with Gasteiger partial charge >= 0.3 is 0 Å². The topological polar surface area (TPSA) is 57.4 Å². The monoisotopic (exact) mass is 341 g/mol. The summed E-state index contributed by atoms with van der Waals surface area (Å²) in [5.41, 5.74) is 2.63. The van der Waals surface area contributed by atoms with Gasteiger partial charge in [0.05, 0.1) is 11.7 Å². The largest absolute Gasteiger partial charge is 0.370 e. The van der Waals surface area contributed by atoms with Crippen molar-refractivity contribution in [3.8, 4) is 0 Å². The lowest BCUT2D eigenvalue weighted by Gasteiger charge is -2.39. The average molecular weight is 341 g/mol. The predicted molar refractivity (Wildman–Crippen MR) is 98.3 cm³/mol. The Bertz CT molecular complexity index is 746. The maximum absolute atomic E-state index is 11.1. The van der Waals surface area contributed by atoms with Crippen LogP contribution in [0.2, 0.25) is 0 Å². The van der Waals surface area contributed by atoms with E-state index in [9.17, 15) is 4.79 Å². The van der Waals surface area contributed by atoms with Crippen LogP contribution >= 0.6 is 0 Å². The molecule has 1 spiro atoms. The Morgan fingerprint density at radius 3 is 2.92 bits per heavy atom. The third-order valence-electron chi connectivity index (χ3n) is 5.75. The van der Waals surface area contributed by atoms with Crippen molar-refractivity contribution in [3.05, 3.63) is 36.0 Å². The van der Waals surface area contributed by atoms with E-state index in [4.69, 9.17) is 4.74 Å². The first-order valence-corrected chi connectivity index (χ1v) is 9.33. The summed E-state index contributed by atoms with van der Waals surface area (Å²) in [6, 6.07) is 8.50. The van der Waals surface area contributed by atoms with E-state index >= 15 is 0 Å². The fraction of sp³-hybridized carbons (Fsp3) is 0.550. The van der Waals surface area contributed by atoms with E-state index < -0.39 is 0 Å². The second kappa shape index (κ2) is 6.81. The van der Waals surface area contributed by atoms with E-state index in [0.29, 0.717) is 6.54 Å². The number of hydrogen-bond acceptors (Lipinski definition) is 3. The molecule has 3 heterocycles. The van der Waals surface area contributed by atoms with Crippen molar-refractivity contribution in [1.82, 2.24) is 15.2 Å². The molecule has 2 aliphatic heterocycles. The van der Waals surface area contributed by atoms with Gasteiger partial charge in [-0.15, -0.1) is 0 Å². The molecule has 25 heavy (non-hydrogen) atoms. The first-order chi connectivity index (χ1) is 12.1. The number of likely N-dealkylation sites (tertiary alicyclic amines) is 1. The SMILES string of the molecule is CC(=O)NCC1CCC2(CCN(Cc3c[nH]c4ccccc34)CC2)O1. The highest BCUT2D eigenvalue weighted by molar-refractivity contribution is 5.82. The molecule has 4 rings (SSSR count). The molecule has 1 unspecified atom stereocenters. The number of aromatic amines is 1. The molecule has 2 saturated heterocycles. The summed E-state index contributed by atoms with van der Waals surface area (Å²) < 4.78 is 6.35. The molecular formula is C20H27N3O2. The number of hydrogen-bond donors (Lipinski definition) is 2. The number of benzene rings is 1. The van der Waals surface area contributed by atoms with Crippen LogP contribution in [-0.2, 0) is 16.1 Å². The van der Waals surface area contributed by atoms with Gasteiger partial charge in [-0.25, -0.2) is 0 Å². The van der Waals surface area contributed by atoms with Gasteiger partial charge in [0, 0.05) is 50.2 Å². The first-order valence-electron chi connectivity index (χ1n) is 9.33. The number of rotatable bonds is 4. The molecule has 1 amide bonds. The molecule has 1 aromatic heterocycles. The van der Waals surface area contributed by atoms with Crippen molar-refractivity contribution in [1.29, 1.82) is 0 Å². The summed E-state index contributed by atoms with van der Waals surface area (Å²) in [6.45, 7) is 5.36. The van der Waals surface area contributed by atoms with Crippen molar-refractivity contribution >= 4 is 16.8 Å². The molecule has 5 heteroatoms. The Morgan fingerprint density at radius 2 is 2.12 bits per heavy atom. The average Bonchev–Trinajstić information content (AvgIpc) is 3.20. The number of aromatic nitrogens is 1. The summed E-state index contributed by atoms with van der Waals surface area (Å²) in [7, 11) is 0. The van der Waals surface area contributed by atoms with E-state index in [-0.39, 0.29) is 17.6 Å². The Kier molecular flexibility index (Phi) is 4.52. The number of amides is 1. The molecule has 0 saturated carbocycles. The van der Waals surface area contributed by atoms with Crippen LogP contribution in [-0.4, -0.2) is 47.1 Å². The summed E-state index contributed by atoms with van der Waals surface area (Å²) in [4.78, 5) is 17.0. The quantitative estimate of drug-likeness (QED) is 0.899. The zero-order valence-electron chi connectivity index (χ0n) is 14.9. The molecule has 0 radical (unpaired) electrons. The number of nitrogens with one attached hydrogen (secondary N) is 2. The summed E-state index contributed by atoms with van der Waals surface area (Å²) in [5.74, 6) is 0.0260. The van der Waals surface area contributed by atoms with Crippen molar-refractivity contribution in [3.63, 3.8) is 0 Å². The van der Waals surface area contributed by atoms with Gasteiger partial charge in [0.1, 0.15) is 0 Å². The summed E-state index contributed by atoms with van der Waals surface area (Å²) >= 11 is 0. The molecular weight excluding hydrogens is 314 g/mol. The lowest BCUT2D eigenvalue weighted by molar-refractivity contribution is -0.120. The van der Waals surface area contributed by atoms with E-state index in [1.165, 1.54) is 16.5 Å². The molecule has 0 aliphatic carbocycles. The summed E-state index contributed by atoms with van der Waals surface area (Å²) in [5, 5.41) is 4.22. The highest BCUT2D eigenvalue weighted by Crippen LogP contribution is 2.39. The third kappa shape index (κ3) is 3.58. The smallest absolute Gasteiger partial charge is 0.216 e. The number of fused-ring (bicyclic) bond motifs is 1. The third-order valence-corrected chi connectivity index (χ3v) is 5.75. The van der Waals surface area contributed by atoms with Gasteiger partial charge in [-0.2, -0.15) is 0 Å². The molecule has 2 aliphatic rings. The number of nitrogens with zero attached hydrogens (tertiary/aromatic N) is 1. The maximum Gasteiger partial charge on any atom is 0.216 e. The first kappa shape index (κ1) is 16.6. The Morgan fingerprint density at radius 1 is 1.32 bits per heavy atom. The number of carbonyl (C=O) groups excluding carboxylic acids is 1. The molecule has 2 fully saturated rings. The van der Waals surface area contributed by atoms with Gasteiger partial charge in [0.25, 0.3) is 0 Å². The molecule has 1 aromatic carbocycles. The number of ether oxygens (including phenoxy) is 1. The molecule has 0 bridgehead atoms.